The first-order valence-electron chi connectivity index (χ1n) is 6.02. The van der Waals surface area contributed by atoms with Crippen LogP contribution in [0.2, 0.25) is 0 Å². The van der Waals surface area contributed by atoms with E-state index < -0.39 is 5.82 Å². The molecule has 0 aromatic heterocycles. The van der Waals surface area contributed by atoms with E-state index in [2.05, 4.69) is 5.32 Å². The molecule has 0 spiro atoms. The van der Waals surface area contributed by atoms with Gasteiger partial charge in [-0.1, -0.05) is 0 Å². The molecule has 1 aliphatic heterocycles. The first-order chi connectivity index (χ1) is 8.58. The van der Waals surface area contributed by atoms with Crippen molar-refractivity contribution < 1.29 is 13.9 Å². The molecule has 0 saturated carbocycles. The van der Waals surface area contributed by atoms with Gasteiger partial charge in [-0.05, 0) is 31.5 Å². The lowest BCUT2D eigenvalue weighted by atomic mass is 10.0. The van der Waals surface area contributed by atoms with Crippen LogP contribution in [0.1, 0.15) is 23.7 Å². The quantitative estimate of drug-likeness (QED) is 0.802. The summed E-state index contributed by atoms with van der Waals surface area (Å²) in [5, 5.41) is 2.77. The molecule has 1 aromatic rings. The number of hydrogen-bond donors (Lipinski definition) is 2. The number of amides is 1. The van der Waals surface area contributed by atoms with Crippen molar-refractivity contribution in [3.63, 3.8) is 0 Å². The number of hydrogen-bond acceptors (Lipinski definition) is 3. The van der Waals surface area contributed by atoms with E-state index in [1.54, 1.807) is 0 Å². The molecule has 1 aliphatic rings. The molecule has 1 fully saturated rings. The van der Waals surface area contributed by atoms with Gasteiger partial charge in [0.15, 0.2) is 0 Å². The number of carbonyl (C=O) groups excluding carboxylic acids is 1. The first-order valence-corrected chi connectivity index (χ1v) is 6.02. The van der Waals surface area contributed by atoms with E-state index in [1.165, 1.54) is 12.1 Å². The van der Waals surface area contributed by atoms with E-state index in [1.807, 2.05) is 6.92 Å². The maximum Gasteiger partial charge on any atom is 0.253 e. The van der Waals surface area contributed by atoms with Gasteiger partial charge in [0.05, 0.1) is 11.7 Å². The van der Waals surface area contributed by atoms with Crippen molar-refractivity contribution >= 4 is 11.6 Å². The average molecular weight is 252 g/mol. The van der Waals surface area contributed by atoms with Crippen molar-refractivity contribution in [3.05, 3.63) is 29.6 Å². The smallest absolute Gasteiger partial charge is 0.253 e. The fourth-order valence-corrected chi connectivity index (χ4v) is 2.09. The second kappa shape index (κ2) is 5.35. The molecule has 0 aliphatic carbocycles. The summed E-state index contributed by atoms with van der Waals surface area (Å²) in [4.78, 5) is 11.9. The third kappa shape index (κ3) is 2.79. The van der Waals surface area contributed by atoms with Crippen molar-refractivity contribution in [2.75, 3.05) is 18.9 Å². The molecule has 0 bridgehead atoms. The maximum atomic E-state index is 13.1. The van der Waals surface area contributed by atoms with Crippen LogP contribution in [0.3, 0.4) is 0 Å². The molecule has 4 nitrogen and oxygen atoms in total. The molecule has 18 heavy (non-hydrogen) atoms. The number of benzene rings is 1. The van der Waals surface area contributed by atoms with Crippen LogP contribution in [0.15, 0.2) is 18.2 Å². The van der Waals surface area contributed by atoms with Crippen molar-refractivity contribution in [3.8, 4) is 0 Å². The Bertz CT molecular complexity index is 451. The molecule has 1 aromatic carbocycles. The monoisotopic (exact) mass is 252 g/mol. The normalized spacial score (nSPS) is 23.0. The van der Waals surface area contributed by atoms with Crippen molar-refractivity contribution in [1.82, 2.24) is 5.32 Å². The van der Waals surface area contributed by atoms with Crippen molar-refractivity contribution in [2.45, 2.75) is 19.4 Å². The molecule has 1 heterocycles. The second-order valence-corrected chi connectivity index (χ2v) is 4.57. The largest absolute Gasteiger partial charge is 0.398 e. The summed E-state index contributed by atoms with van der Waals surface area (Å²) in [6, 6.07) is 3.78. The number of ether oxygens (including phenoxy) is 1. The van der Waals surface area contributed by atoms with Gasteiger partial charge in [0, 0.05) is 24.8 Å². The number of nitrogens with one attached hydrogen (secondary N) is 1. The van der Waals surface area contributed by atoms with Crippen LogP contribution >= 0.6 is 0 Å². The summed E-state index contributed by atoms with van der Waals surface area (Å²) in [6.07, 6.45) is 1.08. The SMILES string of the molecule is CC1OCCC1CNC(=O)c1cc(F)ccc1N. The van der Waals surface area contributed by atoms with Gasteiger partial charge < -0.3 is 15.8 Å². The number of nitrogens with two attached hydrogens (primary N) is 1. The van der Waals surface area contributed by atoms with E-state index in [9.17, 15) is 9.18 Å². The van der Waals surface area contributed by atoms with Gasteiger partial charge in [-0.25, -0.2) is 4.39 Å². The summed E-state index contributed by atoms with van der Waals surface area (Å²) in [5.41, 5.74) is 6.11. The summed E-state index contributed by atoms with van der Waals surface area (Å²) in [7, 11) is 0. The number of rotatable bonds is 3. The lowest BCUT2D eigenvalue weighted by molar-refractivity contribution is 0.0908. The fraction of sp³-hybridized carbons (Fsp3) is 0.462. The Balaban J connectivity index is 1.97. The lowest BCUT2D eigenvalue weighted by Gasteiger charge is -2.15. The molecule has 1 amide bonds. The second-order valence-electron chi connectivity index (χ2n) is 4.57. The van der Waals surface area contributed by atoms with Gasteiger partial charge in [0.1, 0.15) is 5.82 Å². The van der Waals surface area contributed by atoms with Crippen LogP contribution in [-0.2, 0) is 4.74 Å². The molecule has 2 atom stereocenters. The summed E-state index contributed by atoms with van der Waals surface area (Å²) in [5.74, 6) is -0.498. The molecular weight excluding hydrogens is 235 g/mol. The van der Waals surface area contributed by atoms with Gasteiger partial charge in [0.25, 0.3) is 5.91 Å². The summed E-state index contributed by atoms with van der Waals surface area (Å²) >= 11 is 0. The maximum absolute atomic E-state index is 13.1. The third-order valence-electron chi connectivity index (χ3n) is 3.32. The Kier molecular flexibility index (Phi) is 3.81. The van der Waals surface area contributed by atoms with E-state index >= 15 is 0 Å². The van der Waals surface area contributed by atoms with Gasteiger partial charge in [-0.2, -0.15) is 0 Å². The number of halogens is 1. The summed E-state index contributed by atoms with van der Waals surface area (Å²) in [6.45, 7) is 3.24. The van der Waals surface area contributed by atoms with E-state index in [0.717, 1.165) is 19.1 Å². The van der Waals surface area contributed by atoms with Crippen molar-refractivity contribution in [1.29, 1.82) is 0 Å². The van der Waals surface area contributed by atoms with E-state index in [4.69, 9.17) is 10.5 Å². The average Bonchev–Trinajstić information content (AvgIpc) is 2.75. The Morgan fingerprint density at radius 1 is 1.61 bits per heavy atom. The number of nitrogen functional groups attached to an aromatic ring is 1. The van der Waals surface area contributed by atoms with Crippen molar-refractivity contribution in [2.24, 2.45) is 5.92 Å². The zero-order valence-corrected chi connectivity index (χ0v) is 10.3. The molecule has 1 saturated heterocycles. The Hall–Kier alpha value is -1.62. The van der Waals surface area contributed by atoms with Gasteiger partial charge in [0.2, 0.25) is 0 Å². The minimum Gasteiger partial charge on any atom is -0.398 e. The highest BCUT2D eigenvalue weighted by Gasteiger charge is 2.24. The van der Waals surface area contributed by atoms with Gasteiger partial charge >= 0.3 is 0 Å². The molecule has 2 rings (SSSR count). The van der Waals surface area contributed by atoms with Crippen LogP contribution in [0.4, 0.5) is 10.1 Å². The standard InChI is InChI=1S/C13H17FN2O2/c1-8-9(4-5-18-8)7-16-13(17)11-6-10(14)2-3-12(11)15/h2-3,6,8-9H,4-5,7,15H2,1H3,(H,16,17). The van der Waals surface area contributed by atoms with Crippen LogP contribution in [0.5, 0.6) is 0 Å². The molecule has 2 unspecified atom stereocenters. The highest BCUT2D eigenvalue weighted by Crippen LogP contribution is 2.20. The predicted octanol–water partition coefficient (Wildman–Crippen LogP) is 1.56. The fourth-order valence-electron chi connectivity index (χ4n) is 2.09. The zero-order chi connectivity index (χ0) is 13.1. The minimum atomic E-state index is -0.466. The Morgan fingerprint density at radius 3 is 3.06 bits per heavy atom. The molecular formula is C13H17FN2O2. The molecule has 0 radical (unpaired) electrons. The Labute approximate surface area is 105 Å². The van der Waals surface area contributed by atoms with Gasteiger partial charge in [-0.3, -0.25) is 4.79 Å². The molecule has 98 valence electrons. The highest BCUT2D eigenvalue weighted by atomic mass is 19.1. The van der Waals surface area contributed by atoms with Crippen LogP contribution in [0.25, 0.3) is 0 Å². The van der Waals surface area contributed by atoms with E-state index in [0.29, 0.717) is 12.5 Å². The highest BCUT2D eigenvalue weighted by molar-refractivity contribution is 5.99. The van der Waals surface area contributed by atoms with Crippen LogP contribution < -0.4 is 11.1 Å². The molecule has 3 N–H and O–H groups in total. The molecule has 5 heteroatoms. The minimum absolute atomic E-state index is 0.148. The lowest BCUT2D eigenvalue weighted by Crippen LogP contribution is -2.32. The Morgan fingerprint density at radius 2 is 2.39 bits per heavy atom. The zero-order valence-electron chi connectivity index (χ0n) is 10.3. The first kappa shape index (κ1) is 12.8. The van der Waals surface area contributed by atoms with E-state index in [-0.39, 0.29) is 23.3 Å². The number of anilines is 1. The van der Waals surface area contributed by atoms with Crippen LogP contribution in [-0.4, -0.2) is 25.2 Å². The number of carbonyl (C=O) groups is 1. The summed E-state index contributed by atoms with van der Waals surface area (Å²) < 4.78 is 18.5. The third-order valence-corrected chi connectivity index (χ3v) is 3.32. The van der Waals surface area contributed by atoms with Crippen LogP contribution in [0, 0.1) is 11.7 Å². The predicted molar refractivity (Wildman–Crippen MR) is 66.7 cm³/mol. The van der Waals surface area contributed by atoms with Gasteiger partial charge in [-0.15, -0.1) is 0 Å². The topological polar surface area (TPSA) is 64.3 Å².